The minimum Gasteiger partial charge on any atom is -0.457 e. The average Bonchev–Trinajstić information content (AvgIpc) is 3.15. The van der Waals surface area contributed by atoms with Crippen LogP contribution >= 0.6 is 0 Å². The second-order valence-corrected chi connectivity index (χ2v) is 8.67. The predicted octanol–water partition coefficient (Wildman–Crippen LogP) is 4.07. The van der Waals surface area contributed by atoms with Gasteiger partial charge in [-0.1, -0.05) is 30.3 Å². The number of amides is 2. The summed E-state index contributed by atoms with van der Waals surface area (Å²) in [6.07, 6.45) is 2.93. The van der Waals surface area contributed by atoms with E-state index < -0.39 is 0 Å². The molecule has 6 heteroatoms. The first-order chi connectivity index (χ1) is 14.6. The third-order valence-electron chi connectivity index (χ3n) is 6.59. The molecule has 1 aliphatic carbocycles. The molecule has 6 nitrogen and oxygen atoms in total. The lowest BCUT2D eigenvalue weighted by molar-refractivity contribution is -0.142. The minimum atomic E-state index is -0.361. The van der Waals surface area contributed by atoms with Gasteiger partial charge in [0.25, 0.3) is 0 Å². The molecule has 0 radical (unpaired) electrons. The van der Waals surface area contributed by atoms with Crippen LogP contribution in [0.4, 0.5) is 4.79 Å². The van der Waals surface area contributed by atoms with E-state index in [0.29, 0.717) is 25.4 Å². The van der Waals surface area contributed by atoms with Crippen LogP contribution in [0.3, 0.4) is 0 Å². The standard InChI is InChI=1S/C24H26N2O4/c27-22(19-14-24(15-19)16-29-23(28)25-24)26-11-9-17(10-12-26)18-5-4-8-21(13-18)30-20-6-2-1-3-7-20/h1-8,13,17,19H,9-12,14-16H2,(H,25,28)/t19-,24+. The number of benzene rings is 2. The van der Waals surface area contributed by atoms with E-state index in [2.05, 4.69) is 17.4 Å². The van der Waals surface area contributed by atoms with Gasteiger partial charge in [0.15, 0.2) is 0 Å². The zero-order chi connectivity index (χ0) is 20.6. The number of cyclic esters (lactones) is 1. The van der Waals surface area contributed by atoms with Gasteiger partial charge in [-0.3, -0.25) is 4.79 Å². The van der Waals surface area contributed by atoms with Crippen LogP contribution in [0.25, 0.3) is 0 Å². The average molecular weight is 406 g/mol. The van der Waals surface area contributed by atoms with Gasteiger partial charge in [-0.2, -0.15) is 0 Å². The fourth-order valence-electron chi connectivity index (χ4n) is 4.92. The van der Waals surface area contributed by atoms with Gasteiger partial charge in [-0.25, -0.2) is 4.79 Å². The van der Waals surface area contributed by atoms with Crippen LogP contribution in [0.15, 0.2) is 54.6 Å². The van der Waals surface area contributed by atoms with Gasteiger partial charge in [0, 0.05) is 19.0 Å². The van der Waals surface area contributed by atoms with E-state index in [9.17, 15) is 9.59 Å². The number of nitrogens with zero attached hydrogens (tertiary/aromatic N) is 1. The SMILES string of the molecule is O=C1N[C@]2(CO1)C[C@H](C(=O)N1CCC(c3cccc(Oc4ccccc4)c3)CC1)C2. The largest absolute Gasteiger partial charge is 0.457 e. The maximum Gasteiger partial charge on any atom is 0.407 e. The van der Waals surface area contributed by atoms with Crippen LogP contribution < -0.4 is 10.1 Å². The lowest BCUT2D eigenvalue weighted by atomic mass is 9.68. The van der Waals surface area contributed by atoms with Crippen molar-refractivity contribution in [3.05, 3.63) is 60.2 Å². The Balaban J connectivity index is 1.15. The number of hydrogen-bond acceptors (Lipinski definition) is 4. The number of carbonyl (C=O) groups is 2. The lowest BCUT2D eigenvalue weighted by Gasteiger charge is -2.45. The lowest BCUT2D eigenvalue weighted by Crippen LogP contribution is -2.58. The second-order valence-electron chi connectivity index (χ2n) is 8.67. The maximum absolute atomic E-state index is 12.9. The van der Waals surface area contributed by atoms with E-state index >= 15 is 0 Å². The molecule has 1 N–H and O–H groups in total. The summed E-state index contributed by atoms with van der Waals surface area (Å²) in [5.74, 6) is 2.34. The first-order valence-corrected chi connectivity index (χ1v) is 10.7. The van der Waals surface area contributed by atoms with Crippen molar-refractivity contribution in [3.8, 4) is 11.5 Å². The highest BCUT2D eigenvalue weighted by molar-refractivity contribution is 5.81. The van der Waals surface area contributed by atoms with E-state index in [4.69, 9.17) is 9.47 Å². The molecule has 0 bridgehead atoms. The summed E-state index contributed by atoms with van der Waals surface area (Å²) in [6, 6.07) is 18.1. The highest BCUT2D eigenvalue weighted by Gasteiger charge is 2.53. The van der Waals surface area contributed by atoms with Crippen molar-refractivity contribution in [1.29, 1.82) is 0 Å². The summed E-state index contributed by atoms with van der Waals surface area (Å²) in [7, 11) is 0. The van der Waals surface area contributed by atoms with Crippen molar-refractivity contribution in [2.45, 2.75) is 37.1 Å². The van der Waals surface area contributed by atoms with Gasteiger partial charge in [0.05, 0.1) is 5.54 Å². The van der Waals surface area contributed by atoms with E-state index in [1.165, 1.54) is 5.56 Å². The third kappa shape index (κ3) is 3.74. The Hall–Kier alpha value is -3.02. The van der Waals surface area contributed by atoms with E-state index in [1.807, 2.05) is 47.4 Å². The molecule has 1 spiro atoms. The van der Waals surface area contributed by atoms with Crippen LogP contribution in [0.5, 0.6) is 11.5 Å². The number of para-hydroxylation sites is 1. The number of carbonyl (C=O) groups excluding carboxylic acids is 2. The van der Waals surface area contributed by atoms with Gasteiger partial charge >= 0.3 is 6.09 Å². The van der Waals surface area contributed by atoms with Crippen LogP contribution in [-0.2, 0) is 9.53 Å². The van der Waals surface area contributed by atoms with Crippen LogP contribution in [0.2, 0.25) is 0 Å². The molecule has 2 saturated heterocycles. The molecule has 3 fully saturated rings. The first-order valence-electron chi connectivity index (χ1n) is 10.7. The quantitative estimate of drug-likeness (QED) is 0.831. The van der Waals surface area contributed by atoms with Crippen molar-refractivity contribution < 1.29 is 19.1 Å². The van der Waals surface area contributed by atoms with Gasteiger partial charge in [-0.05, 0) is 61.4 Å². The molecule has 0 unspecified atom stereocenters. The zero-order valence-electron chi connectivity index (χ0n) is 16.9. The number of hydrogen-bond donors (Lipinski definition) is 1. The molecule has 3 aliphatic rings. The summed E-state index contributed by atoms with van der Waals surface area (Å²) >= 11 is 0. The molecule has 30 heavy (non-hydrogen) atoms. The monoisotopic (exact) mass is 406 g/mol. The minimum absolute atomic E-state index is 0.00569. The van der Waals surface area contributed by atoms with Crippen molar-refractivity contribution in [2.24, 2.45) is 5.92 Å². The molecule has 0 aromatic heterocycles. The predicted molar refractivity (Wildman–Crippen MR) is 111 cm³/mol. The summed E-state index contributed by atoms with van der Waals surface area (Å²) in [5, 5.41) is 2.86. The Labute approximate surface area is 176 Å². The van der Waals surface area contributed by atoms with Gasteiger partial charge in [0.2, 0.25) is 5.91 Å². The Kier molecular flexibility index (Phi) is 4.85. The zero-order valence-corrected chi connectivity index (χ0v) is 16.9. The normalized spacial score (nSPS) is 26.1. The summed E-state index contributed by atoms with van der Waals surface area (Å²) < 4.78 is 11.0. The van der Waals surface area contributed by atoms with Crippen molar-refractivity contribution in [1.82, 2.24) is 10.2 Å². The van der Waals surface area contributed by atoms with Gasteiger partial charge < -0.3 is 19.7 Å². The summed E-state index contributed by atoms with van der Waals surface area (Å²) in [6.45, 7) is 1.94. The van der Waals surface area contributed by atoms with Crippen LogP contribution in [-0.4, -0.2) is 42.1 Å². The highest BCUT2D eigenvalue weighted by Crippen LogP contribution is 2.42. The Morgan fingerprint density at radius 3 is 2.47 bits per heavy atom. The number of rotatable bonds is 4. The number of alkyl carbamates (subject to hydrolysis) is 1. The van der Waals surface area contributed by atoms with E-state index in [0.717, 1.165) is 37.4 Å². The Bertz CT molecular complexity index is 931. The maximum atomic E-state index is 12.9. The fraction of sp³-hybridized carbons (Fsp3) is 0.417. The first kappa shape index (κ1) is 19.0. The van der Waals surface area contributed by atoms with Crippen LogP contribution in [0, 0.1) is 5.92 Å². The molecule has 2 aromatic carbocycles. The van der Waals surface area contributed by atoms with Gasteiger partial charge in [-0.15, -0.1) is 0 Å². The molecular weight excluding hydrogens is 380 g/mol. The topological polar surface area (TPSA) is 67.9 Å². The number of ether oxygens (including phenoxy) is 2. The fourth-order valence-corrected chi connectivity index (χ4v) is 4.92. The third-order valence-corrected chi connectivity index (χ3v) is 6.59. The molecule has 2 heterocycles. The second kappa shape index (κ2) is 7.67. The highest BCUT2D eigenvalue weighted by atomic mass is 16.6. The van der Waals surface area contributed by atoms with E-state index in [-0.39, 0.29) is 23.5 Å². The molecule has 5 rings (SSSR count). The van der Waals surface area contributed by atoms with Crippen molar-refractivity contribution >= 4 is 12.0 Å². The smallest absolute Gasteiger partial charge is 0.407 e. The molecule has 2 aromatic rings. The molecular formula is C24H26N2O4. The summed E-state index contributed by atoms with van der Waals surface area (Å²) in [5.41, 5.74) is 0.971. The Morgan fingerprint density at radius 1 is 1.03 bits per heavy atom. The number of piperidine rings is 1. The molecule has 2 aliphatic heterocycles. The van der Waals surface area contributed by atoms with Crippen LogP contribution in [0.1, 0.15) is 37.2 Å². The molecule has 1 saturated carbocycles. The molecule has 2 amide bonds. The summed E-state index contributed by atoms with van der Waals surface area (Å²) in [4.78, 5) is 26.1. The van der Waals surface area contributed by atoms with Gasteiger partial charge in [0.1, 0.15) is 18.1 Å². The van der Waals surface area contributed by atoms with E-state index in [1.54, 1.807) is 0 Å². The molecule has 0 atom stereocenters. The molecule has 156 valence electrons. The Morgan fingerprint density at radius 2 is 1.77 bits per heavy atom. The van der Waals surface area contributed by atoms with Crippen molar-refractivity contribution in [2.75, 3.05) is 19.7 Å². The number of likely N-dealkylation sites (tertiary alicyclic amines) is 1. The number of nitrogens with one attached hydrogen (secondary N) is 1. The van der Waals surface area contributed by atoms with Crippen molar-refractivity contribution in [3.63, 3.8) is 0 Å².